The minimum Gasteiger partial charge on any atom is -0.383 e. The molecule has 0 aliphatic heterocycles. The van der Waals surface area contributed by atoms with Crippen LogP contribution in [-0.2, 0) is 0 Å². The molecule has 116 valence electrons. The number of carbonyl (C=O) groups excluding carboxylic acids is 1. The fourth-order valence-electron chi connectivity index (χ4n) is 1.91. The van der Waals surface area contributed by atoms with Crippen molar-refractivity contribution in [1.82, 2.24) is 4.90 Å². The van der Waals surface area contributed by atoms with Crippen molar-refractivity contribution in [2.24, 2.45) is 0 Å². The van der Waals surface area contributed by atoms with E-state index in [0.29, 0.717) is 11.3 Å². The smallest absolute Gasteiger partial charge is 0.293 e. The number of anilines is 1. The Bertz CT molecular complexity index is 522. The average molecular weight is 311 g/mol. The van der Waals surface area contributed by atoms with Crippen LogP contribution >= 0.6 is 11.8 Å². The third kappa shape index (κ3) is 4.35. The van der Waals surface area contributed by atoms with E-state index in [0.717, 1.165) is 12.2 Å². The van der Waals surface area contributed by atoms with Gasteiger partial charge in [0.1, 0.15) is 5.69 Å². The largest absolute Gasteiger partial charge is 0.383 e. The minimum absolute atomic E-state index is 0.0893. The van der Waals surface area contributed by atoms with Crippen LogP contribution < -0.4 is 5.32 Å². The van der Waals surface area contributed by atoms with Crippen LogP contribution in [0.5, 0.6) is 0 Å². The summed E-state index contributed by atoms with van der Waals surface area (Å²) in [6.45, 7) is 1.98. The Labute approximate surface area is 129 Å². The topological polar surface area (TPSA) is 75.5 Å². The minimum atomic E-state index is -0.486. The Morgan fingerprint density at radius 1 is 1.52 bits per heavy atom. The summed E-state index contributed by atoms with van der Waals surface area (Å²) in [7, 11) is 3.34. The highest BCUT2D eigenvalue weighted by molar-refractivity contribution is 7.98. The lowest BCUT2D eigenvalue weighted by molar-refractivity contribution is -0.384. The molecule has 1 aromatic rings. The lowest BCUT2D eigenvalue weighted by Crippen LogP contribution is -2.35. The van der Waals surface area contributed by atoms with Gasteiger partial charge in [0, 0.05) is 31.8 Å². The van der Waals surface area contributed by atoms with Gasteiger partial charge in [0.05, 0.1) is 4.92 Å². The Morgan fingerprint density at radius 2 is 2.19 bits per heavy atom. The summed E-state index contributed by atoms with van der Waals surface area (Å²) in [5.74, 6) is 0.770. The molecule has 0 aliphatic carbocycles. The number of nitro benzene ring substituents is 1. The molecule has 1 amide bonds. The van der Waals surface area contributed by atoms with Crippen molar-refractivity contribution in [3.63, 3.8) is 0 Å². The second-order valence-electron chi connectivity index (χ2n) is 4.79. The van der Waals surface area contributed by atoms with E-state index >= 15 is 0 Å². The lowest BCUT2D eigenvalue weighted by Gasteiger charge is -2.25. The zero-order valence-corrected chi connectivity index (χ0v) is 13.6. The molecular formula is C14H21N3O3S. The van der Waals surface area contributed by atoms with Gasteiger partial charge in [-0.05, 0) is 37.5 Å². The first-order valence-corrected chi connectivity index (χ1v) is 8.04. The average Bonchev–Trinajstić information content (AvgIpc) is 2.50. The quantitative estimate of drug-likeness (QED) is 0.619. The van der Waals surface area contributed by atoms with Crippen molar-refractivity contribution in [2.75, 3.05) is 31.4 Å². The predicted molar refractivity (Wildman–Crippen MR) is 87.2 cm³/mol. The zero-order chi connectivity index (χ0) is 16.0. The van der Waals surface area contributed by atoms with Crippen LogP contribution in [0.2, 0.25) is 0 Å². The number of hydrogen-bond acceptors (Lipinski definition) is 5. The number of thioether (sulfide) groups is 1. The number of nitro groups is 1. The third-order valence-corrected chi connectivity index (χ3v) is 4.08. The van der Waals surface area contributed by atoms with Crippen LogP contribution in [0, 0.1) is 10.1 Å². The molecule has 0 aromatic heterocycles. The normalized spacial score (nSPS) is 11.8. The van der Waals surface area contributed by atoms with E-state index in [1.54, 1.807) is 42.9 Å². The Morgan fingerprint density at radius 3 is 2.71 bits per heavy atom. The van der Waals surface area contributed by atoms with Gasteiger partial charge in [-0.15, -0.1) is 0 Å². The fourth-order valence-corrected chi connectivity index (χ4v) is 2.49. The van der Waals surface area contributed by atoms with Gasteiger partial charge in [-0.2, -0.15) is 11.8 Å². The maximum atomic E-state index is 12.4. The molecular weight excluding hydrogens is 290 g/mol. The second kappa shape index (κ2) is 7.87. The highest BCUT2D eigenvalue weighted by atomic mass is 32.2. The van der Waals surface area contributed by atoms with E-state index < -0.39 is 4.92 Å². The van der Waals surface area contributed by atoms with Crippen LogP contribution in [-0.4, -0.2) is 47.9 Å². The number of amides is 1. The zero-order valence-electron chi connectivity index (χ0n) is 12.8. The first-order valence-electron chi connectivity index (χ1n) is 6.64. The molecule has 0 spiro atoms. The molecule has 1 aromatic carbocycles. The van der Waals surface area contributed by atoms with Crippen LogP contribution in [0.1, 0.15) is 23.7 Å². The molecule has 1 atom stereocenters. The molecule has 0 saturated heterocycles. The van der Waals surface area contributed by atoms with Gasteiger partial charge in [0.2, 0.25) is 0 Å². The SMILES string of the molecule is CNc1ccc(C(=O)N(C)C(C)CCSC)cc1[N+](=O)[O-]. The number of rotatable bonds is 7. The number of hydrogen-bond donors (Lipinski definition) is 1. The van der Waals surface area contributed by atoms with Gasteiger partial charge in [0.25, 0.3) is 11.6 Å². The van der Waals surface area contributed by atoms with E-state index in [2.05, 4.69) is 5.32 Å². The molecule has 0 aliphatic rings. The van der Waals surface area contributed by atoms with Gasteiger partial charge in [-0.25, -0.2) is 0 Å². The summed E-state index contributed by atoms with van der Waals surface area (Å²) >= 11 is 1.73. The Hall–Kier alpha value is -1.76. The molecule has 0 radical (unpaired) electrons. The Balaban J connectivity index is 2.97. The van der Waals surface area contributed by atoms with Gasteiger partial charge >= 0.3 is 0 Å². The molecule has 21 heavy (non-hydrogen) atoms. The predicted octanol–water partition coefficient (Wildman–Crippen LogP) is 2.85. The number of benzene rings is 1. The van der Waals surface area contributed by atoms with E-state index in [9.17, 15) is 14.9 Å². The van der Waals surface area contributed by atoms with Crippen molar-refractivity contribution in [1.29, 1.82) is 0 Å². The van der Waals surface area contributed by atoms with Crippen molar-refractivity contribution in [2.45, 2.75) is 19.4 Å². The van der Waals surface area contributed by atoms with Gasteiger partial charge in [-0.1, -0.05) is 0 Å². The maximum absolute atomic E-state index is 12.4. The summed E-state index contributed by atoms with van der Waals surface area (Å²) in [6, 6.07) is 4.59. The maximum Gasteiger partial charge on any atom is 0.293 e. The first kappa shape index (κ1) is 17.3. The van der Waals surface area contributed by atoms with E-state index in [1.165, 1.54) is 6.07 Å². The Kier molecular flexibility index (Phi) is 6.48. The second-order valence-corrected chi connectivity index (χ2v) is 5.77. The van der Waals surface area contributed by atoms with Crippen molar-refractivity contribution < 1.29 is 9.72 Å². The first-order chi connectivity index (χ1) is 9.92. The summed E-state index contributed by atoms with van der Waals surface area (Å²) in [4.78, 5) is 24.6. The summed E-state index contributed by atoms with van der Waals surface area (Å²) in [6.07, 6.45) is 2.91. The van der Waals surface area contributed by atoms with E-state index in [4.69, 9.17) is 0 Å². The highest BCUT2D eigenvalue weighted by Crippen LogP contribution is 2.25. The van der Waals surface area contributed by atoms with Gasteiger partial charge < -0.3 is 10.2 Å². The number of nitrogens with one attached hydrogen (secondary N) is 1. The summed E-state index contributed by atoms with van der Waals surface area (Å²) < 4.78 is 0. The molecule has 0 fully saturated rings. The van der Waals surface area contributed by atoms with Crippen molar-refractivity contribution in [3.8, 4) is 0 Å². The molecule has 1 unspecified atom stereocenters. The van der Waals surface area contributed by atoms with E-state index in [-0.39, 0.29) is 17.6 Å². The lowest BCUT2D eigenvalue weighted by atomic mass is 10.1. The van der Waals surface area contributed by atoms with Gasteiger partial charge in [0.15, 0.2) is 0 Å². The molecule has 0 heterocycles. The van der Waals surface area contributed by atoms with Crippen molar-refractivity contribution >= 4 is 29.0 Å². The monoisotopic (exact) mass is 311 g/mol. The van der Waals surface area contributed by atoms with Crippen molar-refractivity contribution in [3.05, 3.63) is 33.9 Å². The molecule has 1 rings (SSSR count). The summed E-state index contributed by atoms with van der Waals surface area (Å²) in [5, 5.41) is 13.8. The number of carbonyl (C=O) groups is 1. The van der Waals surface area contributed by atoms with E-state index in [1.807, 2.05) is 13.2 Å². The molecule has 0 saturated carbocycles. The molecule has 7 heteroatoms. The van der Waals surface area contributed by atoms with Gasteiger partial charge in [-0.3, -0.25) is 14.9 Å². The van der Waals surface area contributed by atoms with Crippen LogP contribution in [0.4, 0.5) is 11.4 Å². The van der Waals surface area contributed by atoms with Crippen LogP contribution in [0.25, 0.3) is 0 Å². The fraction of sp³-hybridized carbons (Fsp3) is 0.500. The number of nitrogens with zero attached hydrogens (tertiary/aromatic N) is 2. The van der Waals surface area contributed by atoms with Crippen LogP contribution in [0.3, 0.4) is 0 Å². The van der Waals surface area contributed by atoms with Crippen LogP contribution in [0.15, 0.2) is 18.2 Å². The molecule has 0 bridgehead atoms. The highest BCUT2D eigenvalue weighted by Gasteiger charge is 2.21. The summed E-state index contributed by atoms with van der Waals surface area (Å²) in [5.41, 5.74) is 0.641. The third-order valence-electron chi connectivity index (χ3n) is 3.43. The molecule has 1 N–H and O–H groups in total. The molecule has 6 nitrogen and oxygen atoms in total. The standard InChI is InChI=1S/C14H21N3O3S/c1-10(7-8-21-4)16(3)14(18)11-5-6-12(15-2)13(9-11)17(19)20/h5-6,9-10,15H,7-8H2,1-4H3.